The highest BCUT2D eigenvalue weighted by Crippen LogP contribution is 2.19. The Labute approximate surface area is 153 Å². The molecule has 0 aliphatic heterocycles. The summed E-state index contributed by atoms with van der Waals surface area (Å²) in [5.41, 5.74) is 0.606. The highest BCUT2D eigenvalue weighted by atomic mass is 32.2. The highest BCUT2D eigenvalue weighted by Gasteiger charge is 2.21. The van der Waals surface area contributed by atoms with Crippen molar-refractivity contribution in [2.24, 2.45) is 0 Å². The van der Waals surface area contributed by atoms with E-state index in [0.29, 0.717) is 17.2 Å². The van der Waals surface area contributed by atoms with Crippen LogP contribution in [0.3, 0.4) is 0 Å². The molecule has 1 heterocycles. The minimum atomic E-state index is -3.58. The molecular formula is C17H23N3O5S. The molecule has 0 saturated heterocycles. The number of hydrogen-bond acceptors (Lipinski definition) is 6. The molecule has 142 valence electrons. The summed E-state index contributed by atoms with van der Waals surface area (Å²) in [4.78, 5) is 12.1. The average molecular weight is 381 g/mol. The number of amides is 1. The van der Waals surface area contributed by atoms with Gasteiger partial charge in [-0.15, -0.1) is 0 Å². The lowest BCUT2D eigenvalue weighted by Gasteiger charge is -2.18. The maximum absolute atomic E-state index is 12.1. The summed E-state index contributed by atoms with van der Waals surface area (Å²) in [5.74, 6) is 1.05. The number of carbonyl (C=O) groups excluding carboxylic acids is 1. The minimum absolute atomic E-state index is 0.0246. The normalized spacial score (nSPS) is 11.4. The van der Waals surface area contributed by atoms with E-state index in [0.717, 1.165) is 10.6 Å². The Balaban J connectivity index is 1.96. The summed E-state index contributed by atoms with van der Waals surface area (Å²) in [6, 6.07) is 8.48. The third-order valence-corrected chi connectivity index (χ3v) is 4.49. The summed E-state index contributed by atoms with van der Waals surface area (Å²) in [6.07, 6.45) is 1.10. The Kier molecular flexibility index (Phi) is 6.25. The van der Waals surface area contributed by atoms with Crippen LogP contribution in [0.5, 0.6) is 5.75 Å². The van der Waals surface area contributed by atoms with Gasteiger partial charge in [0, 0.05) is 24.7 Å². The van der Waals surface area contributed by atoms with Gasteiger partial charge in [-0.05, 0) is 45.0 Å². The van der Waals surface area contributed by atoms with Gasteiger partial charge in [0.2, 0.25) is 15.9 Å². The van der Waals surface area contributed by atoms with Crippen LogP contribution in [-0.4, -0.2) is 38.4 Å². The highest BCUT2D eigenvalue weighted by molar-refractivity contribution is 7.92. The van der Waals surface area contributed by atoms with Crippen molar-refractivity contribution < 1.29 is 22.5 Å². The Morgan fingerprint density at radius 3 is 2.46 bits per heavy atom. The van der Waals surface area contributed by atoms with Gasteiger partial charge in [-0.25, -0.2) is 8.42 Å². The fourth-order valence-corrected chi connectivity index (χ4v) is 3.09. The van der Waals surface area contributed by atoms with E-state index in [1.165, 1.54) is 6.07 Å². The third-order valence-electron chi connectivity index (χ3n) is 3.32. The molecule has 1 amide bonds. The van der Waals surface area contributed by atoms with E-state index < -0.39 is 10.0 Å². The Hall–Kier alpha value is -2.55. The number of sulfonamides is 1. The number of nitrogens with one attached hydrogen (secondary N) is 1. The van der Waals surface area contributed by atoms with E-state index in [1.807, 2.05) is 13.8 Å². The fraction of sp³-hybridized carbons (Fsp3) is 0.412. The largest absolute Gasteiger partial charge is 0.491 e. The van der Waals surface area contributed by atoms with E-state index in [-0.39, 0.29) is 30.8 Å². The van der Waals surface area contributed by atoms with Crippen LogP contribution >= 0.6 is 0 Å². The van der Waals surface area contributed by atoms with Crippen LogP contribution in [0.2, 0.25) is 0 Å². The molecule has 2 aromatic rings. The smallest absolute Gasteiger partial charge is 0.233 e. The van der Waals surface area contributed by atoms with Gasteiger partial charge in [-0.2, -0.15) is 0 Å². The van der Waals surface area contributed by atoms with Crippen molar-refractivity contribution in [3.8, 4) is 5.75 Å². The minimum Gasteiger partial charge on any atom is -0.491 e. The molecule has 0 bridgehead atoms. The Bertz CT molecular complexity index is 844. The quantitative estimate of drug-likeness (QED) is 0.754. The van der Waals surface area contributed by atoms with Crippen LogP contribution < -0.4 is 14.4 Å². The van der Waals surface area contributed by atoms with Crippen LogP contribution in [0, 0.1) is 6.92 Å². The van der Waals surface area contributed by atoms with Gasteiger partial charge in [-0.3, -0.25) is 9.10 Å². The topological polar surface area (TPSA) is 102 Å². The summed E-state index contributed by atoms with van der Waals surface area (Å²) in [6.45, 7) is 5.49. The number of anilines is 2. The molecule has 2 rings (SSSR count). The van der Waals surface area contributed by atoms with Gasteiger partial charge >= 0.3 is 0 Å². The van der Waals surface area contributed by atoms with Gasteiger partial charge in [0.25, 0.3) is 0 Å². The van der Waals surface area contributed by atoms with Crippen LogP contribution in [0.1, 0.15) is 26.0 Å². The van der Waals surface area contributed by atoms with Gasteiger partial charge in [0.05, 0.1) is 12.4 Å². The van der Waals surface area contributed by atoms with Crippen LogP contribution in [0.25, 0.3) is 0 Å². The molecule has 0 fully saturated rings. The Morgan fingerprint density at radius 1 is 1.31 bits per heavy atom. The lowest BCUT2D eigenvalue weighted by atomic mass is 10.3. The van der Waals surface area contributed by atoms with Crippen molar-refractivity contribution >= 4 is 27.4 Å². The predicted molar refractivity (Wildman–Crippen MR) is 98.9 cm³/mol. The molecule has 0 atom stereocenters. The van der Waals surface area contributed by atoms with Gasteiger partial charge in [0.1, 0.15) is 11.5 Å². The summed E-state index contributed by atoms with van der Waals surface area (Å²) < 4.78 is 35.4. The molecule has 0 spiro atoms. The number of hydrogen-bond donors (Lipinski definition) is 1. The number of aromatic nitrogens is 1. The van der Waals surface area contributed by atoms with Crippen molar-refractivity contribution in [2.45, 2.75) is 33.3 Å². The molecule has 26 heavy (non-hydrogen) atoms. The predicted octanol–water partition coefficient (Wildman–Crippen LogP) is 2.57. The first-order valence-electron chi connectivity index (χ1n) is 8.13. The molecule has 0 radical (unpaired) electrons. The van der Waals surface area contributed by atoms with E-state index in [4.69, 9.17) is 9.26 Å². The van der Waals surface area contributed by atoms with E-state index >= 15 is 0 Å². The Morgan fingerprint density at radius 2 is 1.96 bits per heavy atom. The zero-order valence-electron chi connectivity index (χ0n) is 15.2. The molecule has 1 N–H and O–H groups in total. The molecule has 0 aliphatic carbocycles. The van der Waals surface area contributed by atoms with E-state index in [9.17, 15) is 13.2 Å². The number of nitrogens with zero attached hydrogens (tertiary/aromatic N) is 2. The second-order valence-corrected chi connectivity index (χ2v) is 8.03. The summed E-state index contributed by atoms with van der Waals surface area (Å²) in [7, 11) is -3.58. The van der Waals surface area contributed by atoms with Crippen molar-refractivity contribution in [1.29, 1.82) is 0 Å². The summed E-state index contributed by atoms with van der Waals surface area (Å²) in [5, 5.41) is 6.43. The van der Waals surface area contributed by atoms with Crippen molar-refractivity contribution in [3.63, 3.8) is 0 Å². The van der Waals surface area contributed by atoms with E-state index in [1.54, 1.807) is 31.2 Å². The summed E-state index contributed by atoms with van der Waals surface area (Å²) >= 11 is 0. The van der Waals surface area contributed by atoms with E-state index in [2.05, 4.69) is 10.5 Å². The molecule has 0 saturated carbocycles. The van der Waals surface area contributed by atoms with Crippen molar-refractivity contribution in [2.75, 3.05) is 22.4 Å². The number of carbonyl (C=O) groups is 1. The first-order chi connectivity index (χ1) is 12.1. The zero-order valence-corrected chi connectivity index (χ0v) is 16.0. The first kappa shape index (κ1) is 19.8. The molecule has 1 aromatic carbocycles. The molecule has 1 aromatic heterocycles. The maximum atomic E-state index is 12.1. The maximum Gasteiger partial charge on any atom is 0.233 e. The zero-order chi connectivity index (χ0) is 19.3. The van der Waals surface area contributed by atoms with Crippen LogP contribution in [0.4, 0.5) is 11.5 Å². The van der Waals surface area contributed by atoms with Crippen LogP contribution in [0.15, 0.2) is 34.9 Å². The third kappa shape index (κ3) is 5.76. The molecular weight excluding hydrogens is 358 g/mol. The lowest BCUT2D eigenvalue weighted by Crippen LogP contribution is -2.33. The van der Waals surface area contributed by atoms with Crippen LogP contribution in [-0.2, 0) is 14.8 Å². The number of aryl methyl sites for hydroxylation is 1. The number of benzene rings is 1. The van der Waals surface area contributed by atoms with Crippen molar-refractivity contribution in [3.05, 3.63) is 36.1 Å². The lowest BCUT2D eigenvalue weighted by molar-refractivity contribution is -0.116. The number of ether oxygens (including phenoxy) is 1. The van der Waals surface area contributed by atoms with Gasteiger partial charge in [-0.1, -0.05) is 5.16 Å². The molecule has 0 aliphatic rings. The molecule has 8 nitrogen and oxygen atoms in total. The second-order valence-electron chi connectivity index (χ2n) is 6.12. The van der Waals surface area contributed by atoms with Gasteiger partial charge < -0.3 is 14.6 Å². The van der Waals surface area contributed by atoms with Gasteiger partial charge in [0.15, 0.2) is 5.82 Å². The van der Waals surface area contributed by atoms with Crippen molar-refractivity contribution in [1.82, 2.24) is 5.16 Å². The average Bonchev–Trinajstić information content (AvgIpc) is 2.93. The fourth-order valence-electron chi connectivity index (χ4n) is 2.24. The first-order valence-corrected chi connectivity index (χ1v) is 9.97. The SMILES string of the molecule is Cc1cc(N(CCC(=O)Nc2ccc(OC(C)C)cc2)S(C)(=O)=O)no1. The number of rotatable bonds is 8. The standard InChI is InChI=1S/C17H23N3O5S/c1-12(2)24-15-7-5-14(6-8-15)18-17(21)9-10-20(26(4,22)23)16-11-13(3)25-19-16/h5-8,11-12H,9-10H2,1-4H3,(H,18,21). The second kappa shape index (κ2) is 8.22. The molecule has 0 unspecified atom stereocenters. The molecule has 9 heteroatoms. The monoisotopic (exact) mass is 381 g/mol.